The van der Waals surface area contributed by atoms with E-state index in [1.165, 1.54) is 56.3 Å². The molecule has 0 aliphatic carbocycles. The highest BCUT2D eigenvalue weighted by atomic mass is 19.4. The minimum atomic E-state index is -4.91. The quantitative estimate of drug-likeness (QED) is 0.282. The number of carbonyl (C=O) groups excluding carboxylic acids is 3. The van der Waals surface area contributed by atoms with Crippen LogP contribution >= 0.6 is 0 Å². The number of nitriles is 1. The zero-order valence-electron chi connectivity index (χ0n) is 23.7. The first-order valence-electron chi connectivity index (χ1n) is 12.9. The lowest BCUT2D eigenvalue weighted by atomic mass is 9.92. The third-order valence-corrected chi connectivity index (χ3v) is 6.96. The van der Waals surface area contributed by atoms with E-state index < -0.39 is 46.7 Å². The zero-order chi connectivity index (χ0) is 32.5. The van der Waals surface area contributed by atoms with Gasteiger partial charge in [-0.3, -0.25) is 14.4 Å². The molecule has 0 radical (unpaired) electrons. The summed E-state index contributed by atoms with van der Waals surface area (Å²) in [4.78, 5) is 52.5. The highest BCUT2D eigenvalue weighted by Gasteiger charge is 2.36. The van der Waals surface area contributed by atoms with E-state index >= 15 is 0 Å². The van der Waals surface area contributed by atoms with Crippen molar-refractivity contribution in [2.75, 3.05) is 30.9 Å². The number of halogens is 3. The Labute approximate surface area is 248 Å². The van der Waals surface area contributed by atoms with Crippen molar-refractivity contribution in [1.82, 2.24) is 10.1 Å². The molecule has 0 aliphatic rings. The van der Waals surface area contributed by atoms with E-state index in [1.807, 2.05) is 0 Å². The summed E-state index contributed by atoms with van der Waals surface area (Å²) in [7, 11) is 2.78. The molecule has 0 fully saturated rings. The number of aromatic carboxylic acids is 1. The van der Waals surface area contributed by atoms with Crippen LogP contribution in [-0.2, 0) is 11.0 Å². The number of carbonyl (C=O) groups is 4. The molecule has 4 aromatic rings. The van der Waals surface area contributed by atoms with Gasteiger partial charge in [-0.05, 0) is 60.5 Å². The highest BCUT2D eigenvalue weighted by molar-refractivity contribution is 6.14. The van der Waals surface area contributed by atoms with Gasteiger partial charge in [0.25, 0.3) is 11.8 Å². The van der Waals surface area contributed by atoms with Crippen molar-refractivity contribution in [3.63, 3.8) is 0 Å². The number of nitrogens with zero attached hydrogens (tertiary/aromatic N) is 4. The fourth-order valence-electron chi connectivity index (χ4n) is 4.37. The largest absolute Gasteiger partial charge is 0.478 e. The summed E-state index contributed by atoms with van der Waals surface area (Å²) in [5.41, 5.74) is -2.93. The number of carboxylic acids is 1. The van der Waals surface area contributed by atoms with Gasteiger partial charge in [-0.15, -0.1) is 0 Å². The number of hydrogen-bond donors (Lipinski definition) is 2. The minimum absolute atomic E-state index is 0.0325. The van der Waals surface area contributed by atoms with Gasteiger partial charge in [-0.2, -0.15) is 18.4 Å². The Morgan fingerprint density at radius 3 is 2.32 bits per heavy atom. The third-order valence-electron chi connectivity index (χ3n) is 6.96. The van der Waals surface area contributed by atoms with Crippen LogP contribution in [0.3, 0.4) is 0 Å². The van der Waals surface area contributed by atoms with Gasteiger partial charge in [0.15, 0.2) is 11.3 Å². The summed E-state index contributed by atoms with van der Waals surface area (Å²) in [6.07, 6.45) is -4.91. The fourth-order valence-corrected chi connectivity index (χ4v) is 4.37. The number of nitrogens with one attached hydrogen (secondary N) is 1. The molecule has 3 amide bonds. The van der Waals surface area contributed by atoms with Crippen LogP contribution in [0.1, 0.15) is 56.2 Å². The maximum absolute atomic E-state index is 14.4. The topological polar surface area (TPSA) is 157 Å². The van der Waals surface area contributed by atoms with E-state index in [0.29, 0.717) is 0 Å². The molecule has 226 valence electrons. The Morgan fingerprint density at radius 1 is 1.02 bits per heavy atom. The van der Waals surface area contributed by atoms with E-state index in [4.69, 9.17) is 9.78 Å². The molecule has 14 heteroatoms. The van der Waals surface area contributed by atoms with Crippen molar-refractivity contribution in [1.29, 1.82) is 5.26 Å². The summed E-state index contributed by atoms with van der Waals surface area (Å²) in [5, 5.41) is 24.7. The van der Waals surface area contributed by atoms with Crippen LogP contribution in [0.15, 0.2) is 53.1 Å². The predicted octanol–water partition coefficient (Wildman–Crippen LogP) is 5.41. The fraction of sp³-hybridized carbons (Fsp3) is 0.200. The number of hydrogen-bond acceptors (Lipinski definition) is 7. The second-order valence-electron chi connectivity index (χ2n) is 9.68. The van der Waals surface area contributed by atoms with Crippen LogP contribution in [0.25, 0.3) is 22.1 Å². The van der Waals surface area contributed by atoms with Crippen LogP contribution < -0.4 is 10.2 Å². The minimum Gasteiger partial charge on any atom is -0.478 e. The van der Waals surface area contributed by atoms with E-state index in [0.717, 1.165) is 23.1 Å². The molecule has 0 aliphatic heterocycles. The predicted molar refractivity (Wildman–Crippen MR) is 152 cm³/mol. The summed E-state index contributed by atoms with van der Waals surface area (Å²) in [6.45, 7) is 3.10. The van der Waals surface area contributed by atoms with Crippen molar-refractivity contribution >= 4 is 46.0 Å². The Morgan fingerprint density at radius 2 is 1.73 bits per heavy atom. The third kappa shape index (κ3) is 5.93. The number of fused-ring (bicyclic) bond motifs is 1. The molecule has 0 spiro atoms. The van der Waals surface area contributed by atoms with Crippen molar-refractivity contribution < 1.29 is 42.0 Å². The first-order chi connectivity index (χ1) is 20.7. The summed E-state index contributed by atoms with van der Waals surface area (Å²) >= 11 is 0. The molecule has 0 saturated heterocycles. The maximum Gasteiger partial charge on any atom is 0.417 e. The Hall–Kier alpha value is -5.71. The molecule has 1 aromatic heterocycles. The Kier molecular flexibility index (Phi) is 8.43. The maximum atomic E-state index is 14.4. The van der Waals surface area contributed by atoms with Crippen LogP contribution in [0, 0.1) is 11.3 Å². The number of aromatic nitrogens is 1. The van der Waals surface area contributed by atoms with Crippen molar-refractivity contribution in [3.8, 4) is 17.2 Å². The highest BCUT2D eigenvalue weighted by Crippen LogP contribution is 2.42. The number of alkyl halides is 3. The summed E-state index contributed by atoms with van der Waals surface area (Å²) < 4.78 is 48.6. The molecule has 11 nitrogen and oxygen atoms in total. The van der Waals surface area contributed by atoms with Gasteiger partial charge >= 0.3 is 12.1 Å². The monoisotopic (exact) mass is 607 g/mol. The molecule has 2 N–H and O–H groups in total. The van der Waals surface area contributed by atoms with Crippen LogP contribution in [0.2, 0.25) is 0 Å². The summed E-state index contributed by atoms with van der Waals surface area (Å²) in [5.74, 6) is -3.51. The molecule has 0 unspecified atom stereocenters. The van der Waals surface area contributed by atoms with Gasteiger partial charge in [0, 0.05) is 33.3 Å². The van der Waals surface area contributed by atoms with E-state index in [2.05, 4.69) is 10.5 Å². The van der Waals surface area contributed by atoms with Gasteiger partial charge in [0.05, 0.1) is 39.4 Å². The van der Waals surface area contributed by atoms with Crippen molar-refractivity contribution in [3.05, 3.63) is 76.5 Å². The Bertz CT molecular complexity index is 1880. The first-order valence-corrected chi connectivity index (χ1v) is 12.9. The first kappa shape index (κ1) is 31.2. The molecule has 0 saturated carbocycles. The number of benzene rings is 3. The lowest BCUT2D eigenvalue weighted by Crippen LogP contribution is -2.27. The Balaban J connectivity index is 1.94. The molecular weight excluding hydrogens is 583 g/mol. The zero-order valence-corrected chi connectivity index (χ0v) is 23.7. The van der Waals surface area contributed by atoms with E-state index in [9.17, 15) is 37.5 Å². The molecule has 44 heavy (non-hydrogen) atoms. The van der Waals surface area contributed by atoms with E-state index in [1.54, 1.807) is 13.0 Å². The number of rotatable bonds is 7. The average Bonchev–Trinajstić information content (AvgIpc) is 3.41. The molecule has 4 rings (SSSR count). The summed E-state index contributed by atoms with van der Waals surface area (Å²) in [6, 6.07) is 10.9. The number of anilines is 2. The number of carboxylic acid groups (broad SMARTS) is 1. The van der Waals surface area contributed by atoms with Gasteiger partial charge < -0.3 is 24.7 Å². The SMILES string of the molecule is CCN(C)C(=O)c1cc2onc(C(=O)Nc3ccc(C#N)cc3C(=O)O)c2cc1-c1ccc(N(C)C(C)=O)cc1C(F)(F)F. The van der Waals surface area contributed by atoms with Crippen molar-refractivity contribution in [2.45, 2.75) is 20.0 Å². The van der Waals surface area contributed by atoms with Crippen LogP contribution in [0.5, 0.6) is 0 Å². The van der Waals surface area contributed by atoms with Gasteiger partial charge in [-0.25, -0.2) is 4.79 Å². The lowest BCUT2D eigenvalue weighted by molar-refractivity contribution is -0.137. The lowest BCUT2D eigenvalue weighted by Gasteiger charge is -2.22. The normalized spacial score (nSPS) is 11.1. The molecular formula is C30H24F3N5O6. The van der Waals surface area contributed by atoms with E-state index in [-0.39, 0.29) is 51.1 Å². The standard InChI is InChI=1S/C30H24F3N5O6/c1-5-37(3)28(41)20-13-25-22(12-19(20)18-8-7-17(38(4)15(2)39)11-23(18)30(31,32)33)26(36-44-25)27(40)35-24-9-6-16(14-34)10-21(24)29(42)43/h6-13H,5H2,1-4H3,(H,35,40)(H,42,43). The average molecular weight is 608 g/mol. The van der Waals surface area contributed by atoms with Gasteiger partial charge in [-0.1, -0.05) is 11.2 Å². The molecule has 0 atom stereocenters. The second-order valence-corrected chi connectivity index (χ2v) is 9.68. The van der Waals surface area contributed by atoms with Gasteiger partial charge in [0.2, 0.25) is 5.91 Å². The second kappa shape index (κ2) is 11.9. The molecule has 3 aromatic carbocycles. The number of amides is 3. The van der Waals surface area contributed by atoms with Crippen molar-refractivity contribution in [2.24, 2.45) is 0 Å². The smallest absolute Gasteiger partial charge is 0.417 e. The van der Waals surface area contributed by atoms with Crippen LogP contribution in [0.4, 0.5) is 24.5 Å². The molecule has 0 bridgehead atoms. The van der Waals surface area contributed by atoms with Gasteiger partial charge in [0.1, 0.15) is 0 Å². The molecule has 1 heterocycles. The van der Waals surface area contributed by atoms with Crippen LogP contribution in [-0.4, -0.2) is 59.5 Å².